The lowest BCUT2D eigenvalue weighted by Crippen LogP contribution is -1.98. The summed E-state index contributed by atoms with van der Waals surface area (Å²) in [6, 6.07) is 13.8. The van der Waals surface area contributed by atoms with Gasteiger partial charge in [0, 0.05) is 5.39 Å². The van der Waals surface area contributed by atoms with Crippen molar-refractivity contribution in [2.24, 2.45) is 0 Å². The molecule has 108 valence electrons. The van der Waals surface area contributed by atoms with Crippen LogP contribution in [-0.2, 0) is 0 Å². The summed E-state index contributed by atoms with van der Waals surface area (Å²) >= 11 is 0. The van der Waals surface area contributed by atoms with Gasteiger partial charge >= 0.3 is 0 Å². The molecule has 0 saturated carbocycles. The third-order valence-electron chi connectivity index (χ3n) is 3.69. The maximum absolute atomic E-state index is 13.2. The molecule has 1 aromatic heterocycles. The lowest BCUT2D eigenvalue weighted by molar-refractivity contribution is 0.192. The van der Waals surface area contributed by atoms with Crippen molar-refractivity contribution in [1.82, 2.24) is 0 Å². The van der Waals surface area contributed by atoms with Crippen molar-refractivity contribution in [1.29, 1.82) is 0 Å². The zero-order valence-electron chi connectivity index (χ0n) is 12.0. The number of aliphatic hydroxyl groups is 1. The minimum atomic E-state index is -0.846. The molecule has 0 saturated heterocycles. The Bertz CT molecular complexity index is 756. The molecular weight excluding hydrogens is 267 g/mol. The number of benzene rings is 2. The fourth-order valence-electron chi connectivity index (χ4n) is 2.40. The Hall–Kier alpha value is -2.13. The van der Waals surface area contributed by atoms with Crippen molar-refractivity contribution < 1.29 is 13.9 Å². The molecule has 2 nitrogen and oxygen atoms in total. The molecule has 1 heterocycles. The fraction of sp³-hybridized carbons (Fsp3) is 0.222. The standard InChI is InChI=1S/C18H17FO2/c1-11(2)12-3-5-13(6-4-12)18(20)17-10-14-9-15(19)7-8-16(14)21-17/h3-11,18,20H,1-2H3. The smallest absolute Gasteiger partial charge is 0.138 e. The van der Waals surface area contributed by atoms with Crippen molar-refractivity contribution in [3.05, 3.63) is 71.2 Å². The van der Waals surface area contributed by atoms with Gasteiger partial charge in [0.25, 0.3) is 0 Å². The molecule has 3 heteroatoms. The van der Waals surface area contributed by atoms with Crippen molar-refractivity contribution in [3.8, 4) is 0 Å². The van der Waals surface area contributed by atoms with Crippen LogP contribution in [0.25, 0.3) is 11.0 Å². The molecule has 0 aliphatic carbocycles. The van der Waals surface area contributed by atoms with Crippen molar-refractivity contribution in [3.63, 3.8) is 0 Å². The Labute approximate surface area is 122 Å². The Morgan fingerprint density at radius 3 is 2.29 bits per heavy atom. The molecule has 0 fully saturated rings. The topological polar surface area (TPSA) is 33.4 Å². The third kappa shape index (κ3) is 2.69. The number of fused-ring (bicyclic) bond motifs is 1. The maximum atomic E-state index is 13.2. The molecular formula is C18H17FO2. The zero-order chi connectivity index (χ0) is 15.0. The first-order chi connectivity index (χ1) is 10.0. The van der Waals surface area contributed by atoms with E-state index in [0.29, 0.717) is 22.6 Å². The van der Waals surface area contributed by atoms with E-state index >= 15 is 0 Å². The number of halogens is 1. The van der Waals surface area contributed by atoms with Gasteiger partial charge in [0.1, 0.15) is 23.3 Å². The number of hydrogen-bond donors (Lipinski definition) is 1. The van der Waals surface area contributed by atoms with Crippen LogP contribution in [0.2, 0.25) is 0 Å². The quantitative estimate of drug-likeness (QED) is 0.751. The van der Waals surface area contributed by atoms with Crippen LogP contribution in [0.5, 0.6) is 0 Å². The molecule has 3 rings (SSSR count). The van der Waals surface area contributed by atoms with E-state index in [2.05, 4.69) is 13.8 Å². The molecule has 0 aliphatic heterocycles. The zero-order valence-corrected chi connectivity index (χ0v) is 12.0. The second-order valence-corrected chi connectivity index (χ2v) is 5.55. The summed E-state index contributed by atoms with van der Waals surface area (Å²) in [6.07, 6.45) is -0.846. The van der Waals surface area contributed by atoms with Gasteiger partial charge in [0.2, 0.25) is 0 Å². The van der Waals surface area contributed by atoms with Crippen molar-refractivity contribution in [2.75, 3.05) is 0 Å². The van der Waals surface area contributed by atoms with Gasteiger partial charge in [-0.15, -0.1) is 0 Å². The van der Waals surface area contributed by atoms with Gasteiger partial charge in [0.05, 0.1) is 0 Å². The van der Waals surface area contributed by atoms with Gasteiger partial charge in [0.15, 0.2) is 0 Å². The van der Waals surface area contributed by atoms with Crippen LogP contribution in [0.3, 0.4) is 0 Å². The van der Waals surface area contributed by atoms with Gasteiger partial charge in [-0.2, -0.15) is 0 Å². The molecule has 3 aromatic rings. The monoisotopic (exact) mass is 284 g/mol. The van der Waals surface area contributed by atoms with E-state index in [1.54, 1.807) is 12.1 Å². The average Bonchev–Trinajstić information content (AvgIpc) is 2.89. The van der Waals surface area contributed by atoms with Crippen LogP contribution in [0.15, 0.2) is 52.9 Å². The molecule has 0 aliphatic rings. The highest BCUT2D eigenvalue weighted by molar-refractivity contribution is 5.78. The van der Waals surface area contributed by atoms with Crippen LogP contribution in [0.4, 0.5) is 4.39 Å². The predicted molar refractivity (Wildman–Crippen MR) is 80.8 cm³/mol. The Balaban J connectivity index is 1.93. The largest absolute Gasteiger partial charge is 0.458 e. The number of furan rings is 1. The molecule has 0 bridgehead atoms. The summed E-state index contributed by atoms with van der Waals surface area (Å²) < 4.78 is 18.8. The highest BCUT2D eigenvalue weighted by atomic mass is 19.1. The second kappa shape index (κ2) is 5.34. The average molecular weight is 284 g/mol. The van der Waals surface area contributed by atoms with Crippen LogP contribution < -0.4 is 0 Å². The summed E-state index contributed by atoms with van der Waals surface area (Å²) in [5.74, 6) is 0.559. The van der Waals surface area contributed by atoms with E-state index in [-0.39, 0.29) is 5.82 Å². The lowest BCUT2D eigenvalue weighted by Gasteiger charge is -2.10. The molecule has 2 aromatic carbocycles. The van der Waals surface area contributed by atoms with Crippen molar-refractivity contribution >= 4 is 11.0 Å². The normalized spacial score (nSPS) is 13.0. The molecule has 0 amide bonds. The van der Waals surface area contributed by atoms with Crippen LogP contribution in [0, 0.1) is 5.82 Å². The van der Waals surface area contributed by atoms with E-state index in [1.807, 2.05) is 24.3 Å². The van der Waals surface area contributed by atoms with Gasteiger partial charge < -0.3 is 9.52 Å². The molecule has 1 unspecified atom stereocenters. The Morgan fingerprint density at radius 2 is 1.62 bits per heavy atom. The van der Waals surface area contributed by atoms with Gasteiger partial charge in [-0.05, 0) is 41.3 Å². The first kappa shape index (κ1) is 13.8. The van der Waals surface area contributed by atoms with Gasteiger partial charge in [-0.1, -0.05) is 38.1 Å². The number of rotatable bonds is 3. The Morgan fingerprint density at radius 1 is 0.952 bits per heavy atom. The second-order valence-electron chi connectivity index (χ2n) is 5.55. The summed E-state index contributed by atoms with van der Waals surface area (Å²) in [6.45, 7) is 4.25. The van der Waals surface area contributed by atoms with E-state index in [1.165, 1.54) is 17.7 Å². The van der Waals surface area contributed by atoms with E-state index in [0.717, 1.165) is 5.56 Å². The van der Waals surface area contributed by atoms with E-state index < -0.39 is 6.10 Å². The molecule has 1 atom stereocenters. The summed E-state index contributed by atoms with van der Waals surface area (Å²) in [7, 11) is 0. The van der Waals surface area contributed by atoms with Crippen molar-refractivity contribution in [2.45, 2.75) is 25.9 Å². The SMILES string of the molecule is CC(C)c1ccc(C(O)c2cc3cc(F)ccc3o2)cc1. The minimum absolute atomic E-state index is 0.314. The van der Waals surface area contributed by atoms with E-state index in [4.69, 9.17) is 4.42 Å². The molecule has 1 N–H and O–H groups in total. The number of hydrogen-bond acceptors (Lipinski definition) is 2. The highest BCUT2D eigenvalue weighted by Gasteiger charge is 2.16. The number of aliphatic hydroxyl groups excluding tert-OH is 1. The van der Waals surface area contributed by atoms with Crippen LogP contribution >= 0.6 is 0 Å². The Kier molecular flexibility index (Phi) is 3.52. The summed E-state index contributed by atoms with van der Waals surface area (Å²) in [5, 5.41) is 11.1. The fourth-order valence-corrected chi connectivity index (χ4v) is 2.40. The maximum Gasteiger partial charge on any atom is 0.138 e. The van der Waals surface area contributed by atoms with E-state index in [9.17, 15) is 9.50 Å². The highest BCUT2D eigenvalue weighted by Crippen LogP contribution is 2.29. The summed E-state index contributed by atoms with van der Waals surface area (Å²) in [4.78, 5) is 0. The third-order valence-corrected chi connectivity index (χ3v) is 3.69. The predicted octanol–water partition coefficient (Wildman–Crippen LogP) is 4.78. The first-order valence-electron chi connectivity index (χ1n) is 7.01. The van der Waals surface area contributed by atoms with Crippen LogP contribution in [-0.4, -0.2) is 5.11 Å². The van der Waals surface area contributed by atoms with Crippen LogP contribution in [0.1, 0.15) is 42.8 Å². The lowest BCUT2D eigenvalue weighted by atomic mass is 9.99. The first-order valence-corrected chi connectivity index (χ1v) is 7.01. The molecule has 0 spiro atoms. The molecule has 21 heavy (non-hydrogen) atoms. The van der Waals surface area contributed by atoms with Gasteiger partial charge in [-0.25, -0.2) is 4.39 Å². The minimum Gasteiger partial charge on any atom is -0.458 e. The summed E-state index contributed by atoms with van der Waals surface area (Å²) in [5.41, 5.74) is 2.56. The van der Waals surface area contributed by atoms with Gasteiger partial charge in [-0.3, -0.25) is 0 Å². The molecule has 0 radical (unpaired) electrons.